The lowest BCUT2D eigenvalue weighted by Crippen LogP contribution is -2.28. The molecular formula is C15H11NO4. The molecule has 0 fully saturated rings. The van der Waals surface area contributed by atoms with Gasteiger partial charge in [-0.15, -0.1) is 0 Å². The Morgan fingerprint density at radius 1 is 1.15 bits per heavy atom. The number of fused-ring (bicyclic) bond motifs is 2. The maximum atomic E-state index is 12.5. The van der Waals surface area contributed by atoms with Gasteiger partial charge in [-0.3, -0.25) is 14.4 Å². The molecule has 3 rings (SSSR count). The highest BCUT2D eigenvalue weighted by molar-refractivity contribution is 6.23. The molecule has 0 aliphatic heterocycles. The molecule has 1 aliphatic carbocycles. The maximum absolute atomic E-state index is 12.5. The molecule has 0 atom stereocenters. The van der Waals surface area contributed by atoms with Crippen LogP contribution >= 0.6 is 0 Å². The van der Waals surface area contributed by atoms with Crippen molar-refractivity contribution < 1.29 is 14.3 Å². The van der Waals surface area contributed by atoms with Crippen LogP contribution in [0.15, 0.2) is 34.8 Å². The monoisotopic (exact) mass is 269 g/mol. The van der Waals surface area contributed by atoms with E-state index in [1.807, 2.05) is 13.0 Å². The summed E-state index contributed by atoms with van der Waals surface area (Å²) in [6, 6.07) is 5.20. The Balaban J connectivity index is 2.46. The number of nitrogens with one attached hydrogen (secondary N) is 1. The summed E-state index contributed by atoms with van der Waals surface area (Å²) in [5.41, 5.74) is 0.851. The van der Waals surface area contributed by atoms with Gasteiger partial charge in [0.05, 0.1) is 12.6 Å². The summed E-state index contributed by atoms with van der Waals surface area (Å²) in [7, 11) is 1.29. The zero-order valence-electron chi connectivity index (χ0n) is 10.9. The number of rotatable bonds is 1. The van der Waals surface area contributed by atoms with E-state index in [0.717, 1.165) is 11.6 Å². The summed E-state index contributed by atoms with van der Waals surface area (Å²) < 4.78 is 4.86. The Kier molecular flexibility index (Phi) is 2.57. The summed E-state index contributed by atoms with van der Waals surface area (Å²) in [6.07, 6.45) is 1.10. The van der Waals surface area contributed by atoms with Crippen molar-refractivity contribution in [1.82, 2.24) is 4.98 Å². The molecule has 1 aliphatic rings. The zero-order valence-corrected chi connectivity index (χ0v) is 10.9. The second-order valence-corrected chi connectivity index (χ2v) is 4.61. The number of Topliss-reactive ketones (excluding diaryl/α,β-unsaturated/α-hetero) is 1. The molecule has 0 saturated heterocycles. The molecule has 2 aromatic rings. The van der Waals surface area contributed by atoms with Crippen molar-refractivity contribution in [2.24, 2.45) is 0 Å². The van der Waals surface area contributed by atoms with Gasteiger partial charge in [0, 0.05) is 11.5 Å². The number of carbonyl (C=O) groups excluding carboxylic acids is 2. The van der Waals surface area contributed by atoms with Gasteiger partial charge in [0.15, 0.2) is 5.76 Å². The molecule has 0 unspecified atom stereocenters. The van der Waals surface area contributed by atoms with Crippen molar-refractivity contribution in [3.05, 3.63) is 57.1 Å². The van der Waals surface area contributed by atoms with Gasteiger partial charge >= 0.3 is 0 Å². The Bertz CT molecular complexity index is 858. The fourth-order valence-corrected chi connectivity index (χ4v) is 2.39. The van der Waals surface area contributed by atoms with E-state index in [1.165, 1.54) is 7.11 Å². The van der Waals surface area contributed by atoms with Gasteiger partial charge in [0.1, 0.15) is 11.3 Å². The van der Waals surface area contributed by atoms with Crippen LogP contribution in [0.4, 0.5) is 0 Å². The topological polar surface area (TPSA) is 76.2 Å². The van der Waals surface area contributed by atoms with Gasteiger partial charge in [-0.2, -0.15) is 0 Å². The largest absolute Gasteiger partial charge is 0.492 e. The van der Waals surface area contributed by atoms with E-state index in [-0.39, 0.29) is 17.0 Å². The van der Waals surface area contributed by atoms with Crippen LogP contribution in [-0.4, -0.2) is 23.7 Å². The Morgan fingerprint density at radius 2 is 1.90 bits per heavy atom. The summed E-state index contributed by atoms with van der Waals surface area (Å²) in [6.45, 7) is 1.83. The van der Waals surface area contributed by atoms with E-state index in [4.69, 9.17) is 4.74 Å². The van der Waals surface area contributed by atoms with E-state index in [9.17, 15) is 14.4 Å². The highest BCUT2D eigenvalue weighted by atomic mass is 16.5. The number of H-pyrrole nitrogens is 1. The first kappa shape index (κ1) is 12.3. The quantitative estimate of drug-likeness (QED) is 0.855. The lowest BCUT2D eigenvalue weighted by atomic mass is 9.95. The van der Waals surface area contributed by atoms with Crippen LogP contribution in [0.2, 0.25) is 0 Å². The Morgan fingerprint density at radius 3 is 2.60 bits per heavy atom. The molecule has 5 heteroatoms. The van der Waals surface area contributed by atoms with E-state index in [1.54, 1.807) is 12.1 Å². The van der Waals surface area contributed by atoms with Crippen LogP contribution in [0.3, 0.4) is 0 Å². The van der Waals surface area contributed by atoms with E-state index >= 15 is 0 Å². The van der Waals surface area contributed by atoms with Crippen LogP contribution in [-0.2, 0) is 4.74 Å². The predicted octanol–water partition coefficient (Wildman–Crippen LogP) is 1.75. The molecule has 0 saturated carbocycles. The molecule has 20 heavy (non-hydrogen) atoms. The number of hydrogen-bond acceptors (Lipinski definition) is 4. The normalized spacial score (nSPS) is 14.2. The molecular weight excluding hydrogens is 258 g/mol. The van der Waals surface area contributed by atoms with Crippen LogP contribution in [0.1, 0.15) is 26.4 Å². The Hall–Kier alpha value is -2.69. The third-order valence-corrected chi connectivity index (χ3v) is 3.42. The summed E-state index contributed by atoms with van der Waals surface area (Å²) in [5, 5.41) is 0.391. The molecule has 0 amide bonds. The molecule has 1 aromatic carbocycles. The van der Waals surface area contributed by atoms with Crippen LogP contribution < -0.4 is 5.43 Å². The van der Waals surface area contributed by atoms with E-state index < -0.39 is 17.0 Å². The first-order valence-corrected chi connectivity index (χ1v) is 6.05. The number of pyridine rings is 1. The molecule has 0 bridgehead atoms. The number of para-hydroxylation sites is 1. The highest BCUT2D eigenvalue weighted by Gasteiger charge is 2.30. The number of carbonyl (C=O) groups is 2. The number of aryl methyl sites for hydroxylation is 1. The molecule has 0 spiro atoms. The van der Waals surface area contributed by atoms with E-state index in [2.05, 4.69) is 4.98 Å². The summed E-state index contributed by atoms with van der Waals surface area (Å²) in [4.78, 5) is 39.6. The number of benzene rings is 1. The molecule has 100 valence electrons. The number of hydrogen-bond donors (Lipinski definition) is 1. The minimum absolute atomic E-state index is 0.0302. The molecule has 0 radical (unpaired) electrons. The standard InChI is InChI=1S/C15H11NO4/c1-7-4-3-5-8-12(7)16-13-9(17)6-10(20-2)15(19)11(13)14(8)18/h3-6H,1-2H3,(H,16,18). The number of aromatic amines is 1. The third-order valence-electron chi connectivity index (χ3n) is 3.42. The van der Waals surface area contributed by atoms with Crippen molar-refractivity contribution in [1.29, 1.82) is 0 Å². The van der Waals surface area contributed by atoms with Gasteiger partial charge in [-0.1, -0.05) is 12.1 Å². The number of ketones is 2. The first-order chi connectivity index (χ1) is 9.54. The second kappa shape index (κ2) is 4.16. The van der Waals surface area contributed by atoms with Gasteiger partial charge in [-0.05, 0) is 18.6 Å². The van der Waals surface area contributed by atoms with Crippen molar-refractivity contribution >= 4 is 22.5 Å². The van der Waals surface area contributed by atoms with Crippen LogP contribution in [0.25, 0.3) is 10.9 Å². The number of ether oxygens (including phenoxy) is 1. The number of aromatic nitrogens is 1. The Labute approximate surface area is 113 Å². The average Bonchev–Trinajstić information content (AvgIpc) is 2.43. The fraction of sp³-hybridized carbons (Fsp3) is 0.133. The summed E-state index contributed by atoms with van der Waals surface area (Å²) >= 11 is 0. The number of methoxy groups -OCH3 is 1. The zero-order chi connectivity index (χ0) is 14.4. The predicted molar refractivity (Wildman–Crippen MR) is 73.1 cm³/mol. The lowest BCUT2D eigenvalue weighted by Gasteiger charge is -2.15. The van der Waals surface area contributed by atoms with Gasteiger partial charge in [0.25, 0.3) is 0 Å². The van der Waals surface area contributed by atoms with Crippen molar-refractivity contribution in [2.45, 2.75) is 6.92 Å². The van der Waals surface area contributed by atoms with Crippen molar-refractivity contribution in [3.8, 4) is 0 Å². The average molecular weight is 269 g/mol. The SMILES string of the molecule is COC1=CC(=O)c2[nH]c3c(C)cccc3c(=O)c2C1=O. The lowest BCUT2D eigenvalue weighted by molar-refractivity contribution is 0.0913. The summed E-state index contributed by atoms with van der Waals surface area (Å²) in [5.74, 6) is -1.11. The highest BCUT2D eigenvalue weighted by Crippen LogP contribution is 2.22. The van der Waals surface area contributed by atoms with Gasteiger partial charge in [-0.25, -0.2) is 0 Å². The maximum Gasteiger partial charge on any atom is 0.233 e. The molecule has 1 N–H and O–H groups in total. The van der Waals surface area contributed by atoms with E-state index in [0.29, 0.717) is 10.9 Å². The van der Waals surface area contributed by atoms with Crippen molar-refractivity contribution in [2.75, 3.05) is 7.11 Å². The minimum Gasteiger partial charge on any atom is -0.492 e. The molecule has 1 aromatic heterocycles. The van der Waals surface area contributed by atoms with Crippen LogP contribution in [0.5, 0.6) is 0 Å². The van der Waals surface area contributed by atoms with Crippen molar-refractivity contribution in [3.63, 3.8) is 0 Å². The van der Waals surface area contributed by atoms with Gasteiger partial charge < -0.3 is 9.72 Å². The smallest absolute Gasteiger partial charge is 0.233 e. The van der Waals surface area contributed by atoms with Gasteiger partial charge in [0.2, 0.25) is 17.0 Å². The minimum atomic E-state index is -0.563. The molecule has 5 nitrogen and oxygen atoms in total. The third kappa shape index (κ3) is 1.53. The first-order valence-electron chi connectivity index (χ1n) is 6.05. The fourth-order valence-electron chi connectivity index (χ4n) is 2.39. The number of allylic oxidation sites excluding steroid dienone is 2. The van der Waals surface area contributed by atoms with Crippen LogP contribution in [0, 0.1) is 6.92 Å². The molecule has 1 heterocycles. The second-order valence-electron chi connectivity index (χ2n) is 4.61.